The summed E-state index contributed by atoms with van der Waals surface area (Å²) in [5.41, 5.74) is -0.482. The summed E-state index contributed by atoms with van der Waals surface area (Å²) >= 11 is 1.66. The van der Waals surface area contributed by atoms with Gasteiger partial charge in [0.05, 0.1) is 5.56 Å². The van der Waals surface area contributed by atoms with Crippen LogP contribution in [0.3, 0.4) is 0 Å². The highest BCUT2D eigenvalue weighted by Gasteiger charge is 2.36. The monoisotopic (exact) mass is 330 g/mol. The zero-order valence-electron chi connectivity index (χ0n) is 7.98. The second-order valence-electron chi connectivity index (χ2n) is 3.29. The predicted molar refractivity (Wildman–Crippen MR) is 59.7 cm³/mol. The van der Waals surface area contributed by atoms with Gasteiger partial charge in [-0.05, 0) is 34.2 Å². The molecule has 5 heteroatoms. The van der Waals surface area contributed by atoms with E-state index in [0.717, 1.165) is 0 Å². The third-order valence-corrected chi connectivity index (χ3v) is 3.03. The molecule has 1 aromatic carbocycles. The molecule has 1 nitrogen and oxygen atoms in total. The Labute approximate surface area is 99.4 Å². The molecule has 0 heterocycles. The molecule has 0 aromatic heterocycles. The SMILES string of the molecule is CC(CO)c1cccc(I)c1C(F)(F)F. The van der Waals surface area contributed by atoms with Crippen molar-refractivity contribution in [3.8, 4) is 0 Å². The van der Waals surface area contributed by atoms with Gasteiger partial charge in [0.2, 0.25) is 0 Å². The Morgan fingerprint density at radius 2 is 2.00 bits per heavy atom. The van der Waals surface area contributed by atoms with E-state index in [-0.39, 0.29) is 15.7 Å². The average molecular weight is 330 g/mol. The highest BCUT2D eigenvalue weighted by molar-refractivity contribution is 14.1. The van der Waals surface area contributed by atoms with Gasteiger partial charge in [0, 0.05) is 16.1 Å². The first-order chi connectivity index (χ1) is 6.88. The second kappa shape index (κ2) is 4.69. The van der Waals surface area contributed by atoms with E-state index >= 15 is 0 Å². The molecular weight excluding hydrogens is 320 g/mol. The normalized spacial score (nSPS) is 14.0. The van der Waals surface area contributed by atoms with E-state index in [4.69, 9.17) is 5.11 Å². The highest BCUT2D eigenvalue weighted by Crippen LogP contribution is 2.37. The van der Waals surface area contributed by atoms with E-state index < -0.39 is 17.7 Å². The van der Waals surface area contributed by atoms with Crippen LogP contribution in [0.2, 0.25) is 0 Å². The van der Waals surface area contributed by atoms with Crippen molar-refractivity contribution in [2.24, 2.45) is 0 Å². The van der Waals surface area contributed by atoms with E-state index in [1.807, 2.05) is 0 Å². The maximum Gasteiger partial charge on any atom is 0.417 e. The van der Waals surface area contributed by atoms with E-state index in [2.05, 4.69) is 0 Å². The van der Waals surface area contributed by atoms with Crippen LogP contribution in [0.4, 0.5) is 13.2 Å². The first-order valence-electron chi connectivity index (χ1n) is 4.34. The minimum Gasteiger partial charge on any atom is -0.396 e. The summed E-state index contributed by atoms with van der Waals surface area (Å²) in [5, 5.41) is 8.90. The first-order valence-corrected chi connectivity index (χ1v) is 5.42. The largest absolute Gasteiger partial charge is 0.417 e. The van der Waals surface area contributed by atoms with Crippen molar-refractivity contribution in [1.82, 2.24) is 0 Å². The zero-order valence-corrected chi connectivity index (χ0v) is 10.1. The van der Waals surface area contributed by atoms with E-state index in [0.29, 0.717) is 0 Å². The zero-order chi connectivity index (χ0) is 11.6. The van der Waals surface area contributed by atoms with Crippen LogP contribution in [0, 0.1) is 3.57 Å². The minimum atomic E-state index is -4.36. The van der Waals surface area contributed by atoms with Crippen LogP contribution in [0.25, 0.3) is 0 Å². The summed E-state index contributed by atoms with van der Waals surface area (Å²) in [7, 11) is 0. The molecule has 0 radical (unpaired) electrons. The van der Waals surface area contributed by atoms with E-state index in [1.165, 1.54) is 12.1 Å². The van der Waals surface area contributed by atoms with Crippen LogP contribution >= 0.6 is 22.6 Å². The highest BCUT2D eigenvalue weighted by atomic mass is 127. The Morgan fingerprint density at radius 3 is 2.47 bits per heavy atom. The van der Waals surface area contributed by atoms with Gasteiger partial charge in [0.15, 0.2) is 0 Å². The molecular formula is C10H10F3IO. The fraction of sp³-hybridized carbons (Fsp3) is 0.400. The van der Waals surface area contributed by atoms with Crippen LogP contribution in [0.15, 0.2) is 18.2 Å². The summed E-state index contributed by atoms with van der Waals surface area (Å²) in [4.78, 5) is 0. The summed E-state index contributed by atoms with van der Waals surface area (Å²) in [6.45, 7) is 1.28. The molecule has 0 saturated carbocycles. The molecule has 1 rings (SSSR count). The van der Waals surface area contributed by atoms with Gasteiger partial charge in [-0.2, -0.15) is 13.2 Å². The van der Waals surface area contributed by atoms with Gasteiger partial charge < -0.3 is 5.11 Å². The van der Waals surface area contributed by atoms with Gasteiger partial charge in [-0.15, -0.1) is 0 Å². The quantitative estimate of drug-likeness (QED) is 0.824. The van der Waals surface area contributed by atoms with E-state index in [1.54, 1.807) is 35.6 Å². The van der Waals surface area contributed by atoms with Crippen molar-refractivity contribution < 1.29 is 18.3 Å². The predicted octanol–water partition coefficient (Wildman–Crippen LogP) is 3.41. The molecule has 0 amide bonds. The molecule has 1 N–H and O–H groups in total. The second-order valence-corrected chi connectivity index (χ2v) is 4.45. The van der Waals surface area contributed by atoms with Gasteiger partial charge in [-0.25, -0.2) is 0 Å². The van der Waals surface area contributed by atoms with Gasteiger partial charge >= 0.3 is 6.18 Å². The molecule has 0 aliphatic heterocycles. The number of aliphatic hydroxyl groups is 1. The first kappa shape index (κ1) is 12.8. The number of aliphatic hydroxyl groups excluding tert-OH is 1. The van der Waals surface area contributed by atoms with Gasteiger partial charge in [0.25, 0.3) is 0 Å². The van der Waals surface area contributed by atoms with Crippen LogP contribution in [-0.2, 0) is 6.18 Å². The molecule has 84 valence electrons. The molecule has 15 heavy (non-hydrogen) atoms. The van der Waals surface area contributed by atoms with Crippen LogP contribution in [-0.4, -0.2) is 11.7 Å². The molecule has 0 aliphatic rings. The van der Waals surface area contributed by atoms with Crippen molar-refractivity contribution in [3.63, 3.8) is 0 Å². The third-order valence-electron chi connectivity index (χ3n) is 2.13. The van der Waals surface area contributed by atoms with Crippen molar-refractivity contribution in [1.29, 1.82) is 0 Å². The molecule has 1 atom stereocenters. The summed E-state index contributed by atoms with van der Waals surface area (Å²) in [6.07, 6.45) is -4.36. The molecule has 0 bridgehead atoms. The Kier molecular flexibility index (Phi) is 3.99. The van der Waals surface area contributed by atoms with Crippen LogP contribution < -0.4 is 0 Å². The molecule has 1 unspecified atom stereocenters. The fourth-order valence-corrected chi connectivity index (χ4v) is 2.17. The lowest BCUT2D eigenvalue weighted by Gasteiger charge is -2.18. The molecule has 1 aromatic rings. The van der Waals surface area contributed by atoms with Crippen molar-refractivity contribution in [3.05, 3.63) is 32.9 Å². The number of hydrogen-bond acceptors (Lipinski definition) is 1. The van der Waals surface area contributed by atoms with Crippen LogP contribution in [0.1, 0.15) is 24.0 Å². The summed E-state index contributed by atoms with van der Waals surface area (Å²) < 4.78 is 38.3. The van der Waals surface area contributed by atoms with Gasteiger partial charge in [0.1, 0.15) is 0 Å². The lowest BCUT2D eigenvalue weighted by molar-refractivity contribution is -0.139. The summed E-state index contributed by atoms with van der Waals surface area (Å²) in [5.74, 6) is -0.503. The number of hydrogen-bond donors (Lipinski definition) is 1. The van der Waals surface area contributed by atoms with Gasteiger partial charge in [-0.1, -0.05) is 19.1 Å². The Bertz CT molecular complexity index is 349. The smallest absolute Gasteiger partial charge is 0.396 e. The van der Waals surface area contributed by atoms with Crippen molar-refractivity contribution >= 4 is 22.6 Å². The Balaban J connectivity index is 3.33. The third kappa shape index (κ3) is 2.84. The number of rotatable bonds is 2. The Hall–Kier alpha value is -0.300. The molecule has 0 saturated heterocycles. The number of halogens is 4. The Morgan fingerprint density at radius 1 is 1.40 bits per heavy atom. The maximum absolute atomic E-state index is 12.7. The topological polar surface area (TPSA) is 20.2 Å². The molecule has 0 fully saturated rings. The minimum absolute atomic E-state index is 0.150. The number of alkyl halides is 3. The number of benzene rings is 1. The van der Waals surface area contributed by atoms with Crippen molar-refractivity contribution in [2.45, 2.75) is 19.0 Å². The van der Waals surface area contributed by atoms with Crippen LogP contribution in [0.5, 0.6) is 0 Å². The lowest BCUT2D eigenvalue weighted by atomic mass is 9.96. The average Bonchev–Trinajstić information content (AvgIpc) is 2.14. The lowest BCUT2D eigenvalue weighted by Crippen LogP contribution is -2.14. The van der Waals surface area contributed by atoms with Crippen molar-refractivity contribution in [2.75, 3.05) is 6.61 Å². The fourth-order valence-electron chi connectivity index (χ4n) is 1.35. The van der Waals surface area contributed by atoms with Gasteiger partial charge in [-0.3, -0.25) is 0 Å². The van der Waals surface area contributed by atoms with E-state index in [9.17, 15) is 13.2 Å². The maximum atomic E-state index is 12.7. The summed E-state index contributed by atoms with van der Waals surface area (Å²) in [6, 6.07) is 4.39. The molecule has 0 spiro atoms. The standard InChI is InChI=1S/C10H10F3IO/c1-6(5-15)7-3-2-4-8(14)9(7)10(11,12)13/h2-4,6,15H,5H2,1H3. The molecule has 0 aliphatic carbocycles.